The Bertz CT molecular complexity index is 152. The fraction of sp³-hybridized carbons (Fsp3) is 1.00. The van der Waals surface area contributed by atoms with Crippen LogP contribution in [-0.4, -0.2) is 58.2 Å². The maximum atomic E-state index is 2.67. The molecule has 12 heavy (non-hydrogen) atoms. The van der Waals surface area contributed by atoms with E-state index in [9.17, 15) is 0 Å². The molecule has 4 heteroatoms. The molecule has 3 fully saturated rings. The standard InChI is InChI=1S/C8H14N2S2/c1-3-11-7-6-10-2-4-12-8(10)5-9(1)7/h7-8H,1-6H2. The van der Waals surface area contributed by atoms with Gasteiger partial charge < -0.3 is 0 Å². The van der Waals surface area contributed by atoms with E-state index in [1.54, 1.807) is 0 Å². The van der Waals surface area contributed by atoms with Crippen LogP contribution in [0.5, 0.6) is 0 Å². The highest BCUT2D eigenvalue weighted by Gasteiger charge is 2.38. The van der Waals surface area contributed by atoms with Gasteiger partial charge in [0, 0.05) is 37.7 Å². The van der Waals surface area contributed by atoms with E-state index in [2.05, 4.69) is 33.3 Å². The summed E-state index contributed by atoms with van der Waals surface area (Å²) in [5, 5.41) is 1.67. The van der Waals surface area contributed by atoms with E-state index in [1.165, 1.54) is 37.7 Å². The van der Waals surface area contributed by atoms with Crippen molar-refractivity contribution in [3.05, 3.63) is 0 Å². The summed E-state index contributed by atoms with van der Waals surface area (Å²) < 4.78 is 0. The van der Waals surface area contributed by atoms with Gasteiger partial charge in [-0.2, -0.15) is 0 Å². The van der Waals surface area contributed by atoms with Gasteiger partial charge in [0.25, 0.3) is 0 Å². The number of piperazine rings is 1. The zero-order chi connectivity index (χ0) is 7.97. The second-order valence-electron chi connectivity index (χ2n) is 3.64. The largest absolute Gasteiger partial charge is 0.287 e. The summed E-state index contributed by atoms with van der Waals surface area (Å²) in [5.41, 5.74) is 0. The topological polar surface area (TPSA) is 6.48 Å². The molecule has 0 N–H and O–H groups in total. The lowest BCUT2D eigenvalue weighted by Gasteiger charge is -2.38. The summed E-state index contributed by atoms with van der Waals surface area (Å²) in [4.78, 5) is 5.34. The van der Waals surface area contributed by atoms with Gasteiger partial charge in [0.15, 0.2) is 0 Å². The van der Waals surface area contributed by atoms with Crippen molar-refractivity contribution in [1.29, 1.82) is 0 Å². The minimum Gasteiger partial charge on any atom is -0.287 e. The van der Waals surface area contributed by atoms with E-state index in [0.717, 1.165) is 10.7 Å². The molecule has 0 aromatic heterocycles. The molecule has 0 spiro atoms. The van der Waals surface area contributed by atoms with Crippen molar-refractivity contribution >= 4 is 23.5 Å². The Morgan fingerprint density at radius 1 is 0.833 bits per heavy atom. The van der Waals surface area contributed by atoms with Crippen LogP contribution in [-0.2, 0) is 0 Å². The van der Waals surface area contributed by atoms with Crippen LogP contribution in [0.2, 0.25) is 0 Å². The smallest absolute Gasteiger partial charge is 0.0688 e. The number of hydrogen-bond donors (Lipinski definition) is 0. The van der Waals surface area contributed by atoms with Crippen LogP contribution >= 0.6 is 23.5 Å². The third kappa shape index (κ3) is 1.20. The van der Waals surface area contributed by atoms with Gasteiger partial charge in [-0.3, -0.25) is 9.80 Å². The van der Waals surface area contributed by atoms with Crippen molar-refractivity contribution in [3.63, 3.8) is 0 Å². The Balaban J connectivity index is 1.75. The molecule has 2 unspecified atom stereocenters. The fourth-order valence-electron chi connectivity index (χ4n) is 2.27. The van der Waals surface area contributed by atoms with Gasteiger partial charge in [-0.15, -0.1) is 23.5 Å². The van der Waals surface area contributed by atoms with Gasteiger partial charge in [0.2, 0.25) is 0 Å². The Morgan fingerprint density at radius 2 is 1.33 bits per heavy atom. The molecule has 3 aliphatic rings. The van der Waals surface area contributed by atoms with Crippen molar-refractivity contribution < 1.29 is 0 Å². The Morgan fingerprint density at radius 3 is 1.83 bits per heavy atom. The summed E-state index contributed by atoms with van der Waals surface area (Å²) >= 11 is 4.30. The Kier molecular flexibility index (Phi) is 2.05. The highest BCUT2D eigenvalue weighted by Crippen LogP contribution is 2.35. The molecule has 3 aliphatic heterocycles. The number of hydrogen-bond acceptors (Lipinski definition) is 4. The lowest BCUT2D eigenvalue weighted by atomic mass is 10.3. The zero-order valence-electron chi connectivity index (χ0n) is 7.11. The summed E-state index contributed by atoms with van der Waals surface area (Å²) in [6.45, 7) is 5.31. The fourth-order valence-corrected chi connectivity index (χ4v) is 4.89. The molecule has 2 nitrogen and oxygen atoms in total. The van der Waals surface area contributed by atoms with Gasteiger partial charge in [-0.05, 0) is 0 Å². The van der Waals surface area contributed by atoms with E-state index in [1.807, 2.05) is 0 Å². The third-order valence-corrected chi connectivity index (χ3v) is 5.47. The predicted molar refractivity (Wildman–Crippen MR) is 55.6 cm³/mol. The molecule has 0 aromatic rings. The van der Waals surface area contributed by atoms with Crippen LogP contribution in [0.4, 0.5) is 0 Å². The van der Waals surface area contributed by atoms with Crippen molar-refractivity contribution in [3.8, 4) is 0 Å². The first-order valence-corrected chi connectivity index (χ1v) is 6.74. The van der Waals surface area contributed by atoms with E-state index < -0.39 is 0 Å². The molecule has 3 rings (SSSR count). The maximum Gasteiger partial charge on any atom is 0.0688 e. The van der Waals surface area contributed by atoms with Crippen LogP contribution in [0.1, 0.15) is 0 Å². The first-order chi connectivity index (χ1) is 5.93. The minimum atomic E-state index is 0.833. The average molecular weight is 202 g/mol. The number of rotatable bonds is 0. The normalized spacial score (nSPS) is 43.0. The van der Waals surface area contributed by atoms with E-state index in [4.69, 9.17) is 0 Å². The first-order valence-electron chi connectivity index (χ1n) is 4.65. The average Bonchev–Trinajstić information content (AvgIpc) is 2.64. The Labute approximate surface area is 82.0 Å². The van der Waals surface area contributed by atoms with Crippen molar-refractivity contribution in [1.82, 2.24) is 9.80 Å². The highest BCUT2D eigenvalue weighted by atomic mass is 32.2. The van der Waals surface area contributed by atoms with Crippen molar-refractivity contribution in [2.24, 2.45) is 0 Å². The number of nitrogens with zero attached hydrogens (tertiary/aromatic N) is 2. The van der Waals surface area contributed by atoms with Gasteiger partial charge in [-0.1, -0.05) is 0 Å². The Hall–Kier alpha value is 0.620. The van der Waals surface area contributed by atoms with Crippen LogP contribution in [0.15, 0.2) is 0 Å². The number of thioether (sulfide) groups is 2. The summed E-state index contributed by atoms with van der Waals surface area (Å²) in [7, 11) is 0. The predicted octanol–water partition coefficient (Wildman–Crippen LogP) is 0.750. The lowest BCUT2D eigenvalue weighted by molar-refractivity contribution is 0.127. The molecule has 0 saturated carbocycles. The molecule has 3 saturated heterocycles. The summed E-state index contributed by atoms with van der Waals surface area (Å²) in [6.07, 6.45) is 0. The van der Waals surface area contributed by atoms with Crippen LogP contribution in [0.3, 0.4) is 0 Å². The molecule has 0 radical (unpaired) electrons. The molecular formula is C8H14N2S2. The van der Waals surface area contributed by atoms with Crippen LogP contribution in [0.25, 0.3) is 0 Å². The molecule has 68 valence electrons. The zero-order valence-corrected chi connectivity index (χ0v) is 8.74. The molecular weight excluding hydrogens is 188 g/mol. The SMILES string of the molecule is C1CN2CC3SCCN3CC2S1. The quantitative estimate of drug-likeness (QED) is 0.571. The molecule has 3 heterocycles. The summed E-state index contributed by atoms with van der Waals surface area (Å²) in [5.74, 6) is 2.71. The van der Waals surface area contributed by atoms with Gasteiger partial charge in [-0.25, -0.2) is 0 Å². The van der Waals surface area contributed by atoms with Crippen molar-refractivity contribution in [2.75, 3.05) is 37.7 Å². The van der Waals surface area contributed by atoms with Gasteiger partial charge in [0.1, 0.15) is 0 Å². The van der Waals surface area contributed by atoms with E-state index in [0.29, 0.717) is 0 Å². The minimum absolute atomic E-state index is 0.833. The molecule has 0 aliphatic carbocycles. The van der Waals surface area contributed by atoms with E-state index in [-0.39, 0.29) is 0 Å². The summed E-state index contributed by atoms with van der Waals surface area (Å²) in [6, 6.07) is 0. The first kappa shape index (κ1) is 7.97. The van der Waals surface area contributed by atoms with E-state index >= 15 is 0 Å². The monoisotopic (exact) mass is 202 g/mol. The molecule has 0 bridgehead atoms. The molecule has 2 atom stereocenters. The molecule has 0 amide bonds. The van der Waals surface area contributed by atoms with Gasteiger partial charge >= 0.3 is 0 Å². The van der Waals surface area contributed by atoms with Crippen molar-refractivity contribution in [2.45, 2.75) is 10.7 Å². The lowest BCUT2D eigenvalue weighted by Crippen LogP contribution is -2.51. The highest BCUT2D eigenvalue weighted by molar-refractivity contribution is 8.00. The third-order valence-electron chi connectivity index (χ3n) is 2.97. The van der Waals surface area contributed by atoms with Crippen LogP contribution in [0, 0.1) is 0 Å². The van der Waals surface area contributed by atoms with Crippen LogP contribution < -0.4 is 0 Å². The maximum absolute atomic E-state index is 2.67. The second kappa shape index (κ2) is 3.08. The molecule has 0 aromatic carbocycles. The van der Waals surface area contributed by atoms with Gasteiger partial charge in [0.05, 0.1) is 10.7 Å². The number of fused-ring (bicyclic) bond motifs is 2. The second-order valence-corrected chi connectivity index (χ2v) is 6.21.